The molecule has 1 saturated heterocycles. The minimum atomic E-state index is -0.315. The molecule has 2 N–H and O–H groups in total. The molecule has 0 radical (unpaired) electrons. The van der Waals surface area contributed by atoms with E-state index in [9.17, 15) is 8.78 Å². The standard InChI is InChI=1S/C29H28F2N8.C3H8/c1-19-25-16-22(8-9-26(25)35-34-19)27-33-28(38-12-10-32-11-13-38)29(37-36-27)39(17-20-4-2-6-23(30)14-20)18-21-5-3-7-24(31)15-21;1-3-2/h2-9,14-16,32H,10-13,17-18H2,1H3,(H,34,35);3H2,1-2H3. The molecule has 42 heavy (non-hydrogen) atoms. The first-order valence-electron chi connectivity index (χ1n) is 14.3. The predicted molar refractivity (Wildman–Crippen MR) is 163 cm³/mol. The number of benzene rings is 3. The van der Waals surface area contributed by atoms with Gasteiger partial charge >= 0.3 is 0 Å². The average Bonchev–Trinajstić information content (AvgIpc) is 3.37. The molecule has 0 spiro atoms. The molecule has 1 aliphatic rings. The molecule has 3 aromatic carbocycles. The second-order valence-corrected chi connectivity index (χ2v) is 10.4. The van der Waals surface area contributed by atoms with Crippen LogP contribution in [0.1, 0.15) is 37.1 Å². The summed E-state index contributed by atoms with van der Waals surface area (Å²) < 4.78 is 28.2. The summed E-state index contributed by atoms with van der Waals surface area (Å²) >= 11 is 0. The van der Waals surface area contributed by atoms with Crippen molar-refractivity contribution in [1.82, 2.24) is 30.7 Å². The van der Waals surface area contributed by atoms with Crippen molar-refractivity contribution >= 4 is 22.5 Å². The third kappa shape index (κ3) is 6.88. The van der Waals surface area contributed by atoms with Gasteiger partial charge in [-0.05, 0) is 60.5 Å². The minimum Gasteiger partial charge on any atom is -0.351 e. The Bertz CT molecular complexity index is 1580. The van der Waals surface area contributed by atoms with Gasteiger partial charge in [0.1, 0.15) is 11.6 Å². The molecule has 0 amide bonds. The number of piperazine rings is 1. The van der Waals surface area contributed by atoms with Crippen LogP contribution in [-0.2, 0) is 13.1 Å². The monoisotopic (exact) mass is 570 g/mol. The molecule has 0 atom stereocenters. The van der Waals surface area contributed by atoms with E-state index < -0.39 is 0 Å². The second-order valence-electron chi connectivity index (χ2n) is 10.4. The summed E-state index contributed by atoms with van der Waals surface area (Å²) in [6.45, 7) is 10.0. The fourth-order valence-corrected chi connectivity index (χ4v) is 4.92. The molecule has 0 unspecified atom stereocenters. The van der Waals surface area contributed by atoms with Gasteiger partial charge in [-0.25, -0.2) is 13.8 Å². The van der Waals surface area contributed by atoms with Crippen molar-refractivity contribution in [3.05, 3.63) is 95.2 Å². The maximum Gasteiger partial charge on any atom is 0.195 e. The Balaban J connectivity index is 0.00000113. The molecular formula is C32H36F2N8. The van der Waals surface area contributed by atoms with Crippen LogP contribution in [0.5, 0.6) is 0 Å². The van der Waals surface area contributed by atoms with Gasteiger partial charge in [0.25, 0.3) is 0 Å². The lowest BCUT2D eigenvalue weighted by Gasteiger charge is -2.33. The summed E-state index contributed by atoms with van der Waals surface area (Å²) in [7, 11) is 0. The third-order valence-corrected chi connectivity index (χ3v) is 6.90. The van der Waals surface area contributed by atoms with E-state index in [4.69, 9.17) is 10.1 Å². The number of aryl methyl sites for hydroxylation is 1. The first-order chi connectivity index (χ1) is 20.4. The van der Waals surface area contributed by atoms with E-state index in [2.05, 4.69) is 39.4 Å². The molecule has 1 aliphatic heterocycles. The Morgan fingerprint density at radius 3 is 2.12 bits per heavy atom. The number of nitrogens with one attached hydrogen (secondary N) is 2. The van der Waals surface area contributed by atoms with Crippen molar-refractivity contribution in [2.75, 3.05) is 36.0 Å². The number of rotatable bonds is 7. The van der Waals surface area contributed by atoms with Crippen molar-refractivity contribution in [3.8, 4) is 11.4 Å². The fourth-order valence-electron chi connectivity index (χ4n) is 4.92. The van der Waals surface area contributed by atoms with E-state index in [1.54, 1.807) is 12.1 Å². The highest BCUT2D eigenvalue weighted by Gasteiger charge is 2.24. The number of aromatic amines is 1. The van der Waals surface area contributed by atoms with Gasteiger partial charge in [0, 0.05) is 55.9 Å². The Morgan fingerprint density at radius 2 is 1.50 bits per heavy atom. The van der Waals surface area contributed by atoms with Crippen molar-refractivity contribution in [2.24, 2.45) is 0 Å². The first-order valence-corrected chi connectivity index (χ1v) is 14.3. The van der Waals surface area contributed by atoms with Gasteiger partial charge < -0.3 is 15.1 Å². The summed E-state index contributed by atoms with van der Waals surface area (Å²) in [5, 5.41) is 21.0. The summed E-state index contributed by atoms with van der Waals surface area (Å²) in [5.41, 5.74) is 4.22. The van der Waals surface area contributed by atoms with Gasteiger partial charge in [-0.3, -0.25) is 5.10 Å². The van der Waals surface area contributed by atoms with Gasteiger partial charge in [-0.2, -0.15) is 5.10 Å². The molecule has 0 aliphatic carbocycles. The number of H-pyrrole nitrogens is 1. The van der Waals surface area contributed by atoms with Crippen LogP contribution < -0.4 is 15.1 Å². The fraction of sp³-hybridized carbons (Fsp3) is 0.312. The SMILES string of the molecule is CCC.Cc1[nH]nc2ccc(-c3nnc(N(Cc4cccc(F)c4)Cc4cccc(F)c4)c(N4CCNCC4)n3)cc12. The molecule has 10 heteroatoms. The molecule has 5 aromatic rings. The van der Waals surface area contributed by atoms with Crippen LogP contribution in [0.3, 0.4) is 0 Å². The summed E-state index contributed by atoms with van der Waals surface area (Å²) in [6, 6.07) is 18.8. The Kier molecular flexibility index (Phi) is 9.33. The smallest absolute Gasteiger partial charge is 0.195 e. The van der Waals surface area contributed by atoms with Crippen molar-refractivity contribution in [1.29, 1.82) is 0 Å². The van der Waals surface area contributed by atoms with Crippen LogP contribution in [0.25, 0.3) is 22.3 Å². The van der Waals surface area contributed by atoms with Crippen LogP contribution in [0.15, 0.2) is 66.7 Å². The zero-order valence-corrected chi connectivity index (χ0v) is 24.2. The van der Waals surface area contributed by atoms with Gasteiger partial charge in [0.05, 0.1) is 5.52 Å². The quantitative estimate of drug-likeness (QED) is 0.247. The van der Waals surface area contributed by atoms with E-state index in [0.717, 1.165) is 59.5 Å². The zero-order valence-electron chi connectivity index (χ0n) is 24.2. The molecule has 6 rings (SSSR count). The molecule has 218 valence electrons. The lowest BCUT2D eigenvalue weighted by Crippen LogP contribution is -2.44. The summed E-state index contributed by atoms with van der Waals surface area (Å²) in [4.78, 5) is 9.20. The maximum absolute atomic E-state index is 14.1. The third-order valence-electron chi connectivity index (χ3n) is 6.90. The molecule has 3 heterocycles. The first kappa shape index (κ1) is 29.1. The van der Waals surface area contributed by atoms with E-state index in [-0.39, 0.29) is 11.6 Å². The number of halogens is 2. The highest BCUT2D eigenvalue weighted by Crippen LogP contribution is 2.31. The number of aromatic nitrogens is 5. The lowest BCUT2D eigenvalue weighted by molar-refractivity contribution is 0.581. The van der Waals surface area contributed by atoms with Crippen molar-refractivity contribution in [2.45, 2.75) is 40.3 Å². The summed E-state index contributed by atoms with van der Waals surface area (Å²) in [5.74, 6) is 1.13. The average molecular weight is 571 g/mol. The number of fused-ring (bicyclic) bond motifs is 1. The number of hydrogen-bond acceptors (Lipinski definition) is 7. The van der Waals surface area contributed by atoms with Crippen LogP contribution >= 0.6 is 0 Å². The van der Waals surface area contributed by atoms with E-state index >= 15 is 0 Å². The highest BCUT2D eigenvalue weighted by molar-refractivity contribution is 5.85. The summed E-state index contributed by atoms with van der Waals surface area (Å²) in [6.07, 6.45) is 1.25. The van der Waals surface area contributed by atoms with E-state index in [1.807, 2.05) is 42.2 Å². The predicted octanol–water partition coefficient (Wildman–Crippen LogP) is 6.03. The maximum atomic E-state index is 14.1. The highest BCUT2D eigenvalue weighted by atomic mass is 19.1. The Labute approximate surface area is 244 Å². The van der Waals surface area contributed by atoms with Crippen molar-refractivity contribution < 1.29 is 8.78 Å². The Morgan fingerprint density at radius 1 is 0.857 bits per heavy atom. The molecule has 0 bridgehead atoms. The largest absolute Gasteiger partial charge is 0.351 e. The van der Waals surface area contributed by atoms with Crippen LogP contribution in [0.2, 0.25) is 0 Å². The van der Waals surface area contributed by atoms with Gasteiger partial charge in [-0.1, -0.05) is 44.5 Å². The topological polar surface area (TPSA) is 85.9 Å². The molecule has 1 fully saturated rings. The van der Waals surface area contributed by atoms with Crippen LogP contribution in [0.4, 0.5) is 20.4 Å². The van der Waals surface area contributed by atoms with E-state index in [0.29, 0.717) is 30.5 Å². The lowest BCUT2D eigenvalue weighted by atomic mass is 10.1. The number of anilines is 2. The molecular weight excluding hydrogens is 534 g/mol. The molecule has 8 nitrogen and oxygen atoms in total. The number of nitrogens with zero attached hydrogens (tertiary/aromatic N) is 6. The normalized spacial score (nSPS) is 13.1. The van der Waals surface area contributed by atoms with E-state index in [1.165, 1.54) is 30.7 Å². The Hall–Kier alpha value is -4.44. The van der Waals surface area contributed by atoms with Crippen molar-refractivity contribution in [3.63, 3.8) is 0 Å². The molecule has 0 saturated carbocycles. The minimum absolute atomic E-state index is 0.315. The van der Waals surface area contributed by atoms with Gasteiger partial charge in [0.15, 0.2) is 17.5 Å². The van der Waals surface area contributed by atoms with Crippen LogP contribution in [0, 0.1) is 18.6 Å². The second kappa shape index (κ2) is 13.5. The number of hydrogen-bond donors (Lipinski definition) is 2. The van der Waals surface area contributed by atoms with Gasteiger partial charge in [-0.15, -0.1) is 10.2 Å². The zero-order chi connectivity index (χ0) is 29.5. The van der Waals surface area contributed by atoms with Crippen LogP contribution in [-0.4, -0.2) is 51.6 Å². The van der Waals surface area contributed by atoms with Gasteiger partial charge in [0.2, 0.25) is 0 Å². The molecule has 2 aromatic heterocycles.